The third-order valence-corrected chi connectivity index (χ3v) is 4.65. The molecule has 2 fully saturated rings. The van der Waals surface area contributed by atoms with Gasteiger partial charge in [-0.15, -0.1) is 0 Å². The van der Waals surface area contributed by atoms with E-state index in [4.69, 9.17) is 5.73 Å². The maximum absolute atomic E-state index is 12.4. The van der Waals surface area contributed by atoms with Gasteiger partial charge in [-0.1, -0.05) is 30.3 Å². The Morgan fingerprint density at radius 1 is 1.21 bits per heavy atom. The summed E-state index contributed by atoms with van der Waals surface area (Å²) < 4.78 is 0. The fourth-order valence-electron chi connectivity index (χ4n) is 3.30. The number of carbonyl (C=O) groups excluding carboxylic acids is 3. The Kier molecular flexibility index (Phi) is 4.69. The number of rotatable bonds is 4. The third kappa shape index (κ3) is 3.67. The molecule has 3 rings (SSSR count). The number of urea groups is 1. The van der Waals surface area contributed by atoms with Crippen molar-refractivity contribution in [1.82, 2.24) is 15.1 Å². The van der Waals surface area contributed by atoms with Gasteiger partial charge in [-0.25, -0.2) is 4.79 Å². The molecule has 3 N–H and O–H groups in total. The maximum atomic E-state index is 12.4. The van der Waals surface area contributed by atoms with Gasteiger partial charge in [-0.2, -0.15) is 0 Å². The number of nitrogens with one attached hydrogen (secondary N) is 1. The zero-order valence-corrected chi connectivity index (χ0v) is 13.5. The largest absolute Gasteiger partial charge is 0.351 e. The quantitative estimate of drug-likeness (QED) is 0.831. The molecule has 0 saturated carbocycles. The van der Waals surface area contributed by atoms with E-state index in [1.807, 2.05) is 30.3 Å². The van der Waals surface area contributed by atoms with Gasteiger partial charge in [0, 0.05) is 38.6 Å². The first-order valence-electron chi connectivity index (χ1n) is 8.19. The summed E-state index contributed by atoms with van der Waals surface area (Å²) in [4.78, 5) is 38.9. The van der Waals surface area contributed by atoms with Crippen molar-refractivity contribution in [3.05, 3.63) is 35.9 Å². The highest BCUT2D eigenvalue weighted by atomic mass is 16.2. The average Bonchev–Trinajstić information content (AvgIpc) is 3.16. The van der Waals surface area contributed by atoms with E-state index >= 15 is 0 Å². The number of hydrogen-bond donors (Lipinski definition) is 2. The Morgan fingerprint density at radius 2 is 1.96 bits per heavy atom. The summed E-state index contributed by atoms with van der Waals surface area (Å²) in [5, 5.41) is 2.94. The van der Waals surface area contributed by atoms with Crippen LogP contribution in [-0.2, 0) is 16.1 Å². The van der Waals surface area contributed by atoms with Gasteiger partial charge in [0.05, 0.1) is 5.92 Å². The summed E-state index contributed by atoms with van der Waals surface area (Å²) in [6.45, 7) is 1.97. The van der Waals surface area contributed by atoms with Gasteiger partial charge in [-0.3, -0.25) is 9.59 Å². The van der Waals surface area contributed by atoms with Gasteiger partial charge in [-0.05, 0) is 12.0 Å². The molecule has 128 valence electrons. The Morgan fingerprint density at radius 3 is 2.62 bits per heavy atom. The van der Waals surface area contributed by atoms with E-state index in [9.17, 15) is 14.4 Å². The van der Waals surface area contributed by atoms with Gasteiger partial charge in [0.15, 0.2) is 0 Å². The predicted molar refractivity (Wildman–Crippen MR) is 87.7 cm³/mol. The second-order valence-electron chi connectivity index (χ2n) is 6.44. The van der Waals surface area contributed by atoms with E-state index in [2.05, 4.69) is 5.32 Å². The van der Waals surface area contributed by atoms with Crippen molar-refractivity contribution in [3.8, 4) is 0 Å². The molecular formula is C17H22N4O3. The molecule has 0 radical (unpaired) electrons. The van der Waals surface area contributed by atoms with Crippen molar-refractivity contribution in [3.63, 3.8) is 0 Å². The summed E-state index contributed by atoms with van der Waals surface area (Å²) >= 11 is 0. The van der Waals surface area contributed by atoms with Crippen LogP contribution in [0.25, 0.3) is 0 Å². The van der Waals surface area contributed by atoms with Crippen LogP contribution in [0.1, 0.15) is 18.4 Å². The summed E-state index contributed by atoms with van der Waals surface area (Å²) in [6, 6.07) is 9.20. The molecule has 7 nitrogen and oxygen atoms in total. The fraction of sp³-hybridized carbons (Fsp3) is 0.471. The number of carbonyl (C=O) groups is 3. The average molecular weight is 330 g/mol. The Balaban J connectivity index is 1.52. The lowest BCUT2D eigenvalue weighted by Gasteiger charge is -2.18. The van der Waals surface area contributed by atoms with Crippen LogP contribution in [0.5, 0.6) is 0 Å². The lowest BCUT2D eigenvalue weighted by atomic mass is 10.1. The summed E-state index contributed by atoms with van der Waals surface area (Å²) in [5.74, 6) is -0.441. The van der Waals surface area contributed by atoms with Crippen molar-refractivity contribution < 1.29 is 14.4 Å². The highest BCUT2D eigenvalue weighted by Gasteiger charge is 2.36. The molecule has 2 aliphatic rings. The number of likely N-dealkylation sites (tertiary alicyclic amines) is 2. The topological polar surface area (TPSA) is 95.7 Å². The number of benzene rings is 1. The highest BCUT2D eigenvalue weighted by molar-refractivity contribution is 5.89. The number of nitrogens with zero attached hydrogens (tertiary/aromatic N) is 2. The van der Waals surface area contributed by atoms with Crippen molar-refractivity contribution in [2.75, 3.05) is 19.6 Å². The molecule has 0 aromatic heterocycles. The number of hydrogen-bond acceptors (Lipinski definition) is 3. The van der Waals surface area contributed by atoms with Crippen LogP contribution in [0.3, 0.4) is 0 Å². The minimum absolute atomic E-state index is 0.00388. The number of nitrogens with two attached hydrogens (primary N) is 1. The van der Waals surface area contributed by atoms with E-state index in [1.165, 1.54) is 4.90 Å². The minimum atomic E-state index is -0.461. The molecule has 2 unspecified atom stereocenters. The van der Waals surface area contributed by atoms with Crippen LogP contribution < -0.4 is 11.1 Å². The molecule has 1 aromatic carbocycles. The van der Waals surface area contributed by atoms with E-state index in [0.29, 0.717) is 32.6 Å². The first-order chi connectivity index (χ1) is 11.5. The third-order valence-electron chi connectivity index (χ3n) is 4.65. The molecule has 0 aliphatic carbocycles. The molecule has 4 amide bonds. The van der Waals surface area contributed by atoms with Crippen molar-refractivity contribution in [2.45, 2.75) is 25.4 Å². The summed E-state index contributed by atoms with van der Waals surface area (Å²) in [7, 11) is 0. The highest BCUT2D eigenvalue weighted by Crippen LogP contribution is 2.21. The van der Waals surface area contributed by atoms with E-state index in [0.717, 1.165) is 5.56 Å². The van der Waals surface area contributed by atoms with E-state index < -0.39 is 6.03 Å². The van der Waals surface area contributed by atoms with Crippen molar-refractivity contribution >= 4 is 17.8 Å². The minimum Gasteiger partial charge on any atom is -0.351 e. The van der Waals surface area contributed by atoms with Crippen LogP contribution in [0.2, 0.25) is 0 Å². The summed E-state index contributed by atoms with van der Waals surface area (Å²) in [5.41, 5.74) is 6.30. The van der Waals surface area contributed by atoms with Gasteiger partial charge in [0.25, 0.3) is 0 Å². The van der Waals surface area contributed by atoms with Crippen LogP contribution in [0.4, 0.5) is 4.79 Å². The lowest BCUT2D eigenvalue weighted by molar-refractivity contribution is -0.129. The van der Waals surface area contributed by atoms with E-state index in [-0.39, 0.29) is 30.2 Å². The van der Waals surface area contributed by atoms with Crippen LogP contribution in [-0.4, -0.2) is 53.3 Å². The Hall–Kier alpha value is -2.57. The van der Waals surface area contributed by atoms with Crippen molar-refractivity contribution in [2.24, 2.45) is 11.7 Å². The molecule has 24 heavy (non-hydrogen) atoms. The first-order valence-corrected chi connectivity index (χ1v) is 8.19. The molecule has 2 atom stereocenters. The number of amides is 4. The van der Waals surface area contributed by atoms with E-state index in [1.54, 1.807) is 4.90 Å². The summed E-state index contributed by atoms with van der Waals surface area (Å²) in [6.07, 6.45) is 0.938. The molecule has 7 heteroatoms. The van der Waals surface area contributed by atoms with Gasteiger partial charge >= 0.3 is 6.03 Å². The monoisotopic (exact) mass is 330 g/mol. The lowest BCUT2D eigenvalue weighted by Crippen LogP contribution is -2.42. The zero-order valence-electron chi connectivity index (χ0n) is 13.5. The molecule has 0 spiro atoms. The van der Waals surface area contributed by atoms with Crippen LogP contribution >= 0.6 is 0 Å². The molecule has 2 saturated heterocycles. The zero-order chi connectivity index (χ0) is 17.1. The maximum Gasteiger partial charge on any atom is 0.314 e. The Bertz CT molecular complexity index is 634. The SMILES string of the molecule is NC(=O)N1CCC(NC(=O)C2CC(=O)N(Cc3ccccc3)C2)C1. The molecule has 2 aliphatic heterocycles. The van der Waals surface area contributed by atoms with Crippen LogP contribution in [0.15, 0.2) is 30.3 Å². The normalized spacial score (nSPS) is 23.6. The standard InChI is InChI=1S/C17H22N4O3/c18-17(24)20-7-6-14(11-20)19-16(23)13-8-15(22)21(10-13)9-12-4-2-1-3-5-12/h1-5,13-14H,6-11H2,(H2,18,24)(H,19,23). The second kappa shape index (κ2) is 6.90. The number of primary amides is 1. The van der Waals surface area contributed by atoms with Gasteiger partial charge in [0.1, 0.15) is 0 Å². The van der Waals surface area contributed by atoms with Crippen LogP contribution in [0, 0.1) is 5.92 Å². The molecule has 0 bridgehead atoms. The van der Waals surface area contributed by atoms with Gasteiger partial charge in [0.2, 0.25) is 11.8 Å². The fourth-order valence-corrected chi connectivity index (χ4v) is 3.30. The second-order valence-corrected chi connectivity index (χ2v) is 6.44. The van der Waals surface area contributed by atoms with Crippen molar-refractivity contribution in [1.29, 1.82) is 0 Å². The first kappa shape index (κ1) is 16.3. The molecule has 1 aromatic rings. The predicted octanol–water partition coefficient (Wildman–Crippen LogP) is 0.304. The Labute approximate surface area is 140 Å². The van der Waals surface area contributed by atoms with Gasteiger partial charge < -0.3 is 20.9 Å². The molecule has 2 heterocycles. The smallest absolute Gasteiger partial charge is 0.314 e. The molecular weight excluding hydrogens is 308 g/mol.